The Morgan fingerprint density at radius 2 is 2.30 bits per heavy atom. The van der Waals surface area contributed by atoms with Gasteiger partial charge in [-0.3, -0.25) is 4.79 Å². The van der Waals surface area contributed by atoms with Crippen molar-refractivity contribution in [2.75, 3.05) is 36.9 Å². The lowest BCUT2D eigenvalue weighted by Gasteiger charge is -2.34. The Labute approximate surface area is 178 Å². The molecule has 1 fully saturated rings. The summed E-state index contributed by atoms with van der Waals surface area (Å²) in [6, 6.07) is 1.96. The van der Waals surface area contributed by atoms with E-state index in [4.69, 9.17) is 16.2 Å². The van der Waals surface area contributed by atoms with Gasteiger partial charge in [-0.15, -0.1) is 16.4 Å². The van der Waals surface area contributed by atoms with Crippen LogP contribution in [0.15, 0.2) is 12.3 Å². The van der Waals surface area contributed by atoms with E-state index in [2.05, 4.69) is 25.4 Å². The summed E-state index contributed by atoms with van der Waals surface area (Å²) in [7, 11) is 0. The molecule has 30 heavy (non-hydrogen) atoms. The van der Waals surface area contributed by atoms with Crippen LogP contribution in [0.2, 0.25) is 0 Å². The predicted octanol–water partition coefficient (Wildman–Crippen LogP) is 1.46. The van der Waals surface area contributed by atoms with Crippen LogP contribution in [0.5, 0.6) is 0 Å². The Morgan fingerprint density at radius 3 is 3.10 bits per heavy atom. The van der Waals surface area contributed by atoms with E-state index < -0.39 is 5.91 Å². The first-order chi connectivity index (χ1) is 14.6. The third-order valence-corrected chi connectivity index (χ3v) is 6.55. The number of nitrogens with zero attached hydrogens (tertiary/aromatic N) is 6. The monoisotopic (exact) mass is 430 g/mol. The number of fused-ring (bicyclic) bond motifs is 1. The van der Waals surface area contributed by atoms with Gasteiger partial charge in [-0.2, -0.15) is 0 Å². The van der Waals surface area contributed by atoms with E-state index >= 15 is 0 Å². The number of piperidine rings is 1. The number of tetrazole rings is 1. The lowest BCUT2D eigenvalue weighted by Crippen LogP contribution is -2.37. The van der Waals surface area contributed by atoms with E-state index in [1.165, 1.54) is 11.3 Å². The summed E-state index contributed by atoms with van der Waals surface area (Å²) in [5.74, 6) is 0.750. The third kappa shape index (κ3) is 4.08. The van der Waals surface area contributed by atoms with Crippen molar-refractivity contribution >= 4 is 38.8 Å². The van der Waals surface area contributed by atoms with Crippen LogP contribution >= 0.6 is 11.3 Å². The highest BCUT2D eigenvalue weighted by Gasteiger charge is 2.25. The van der Waals surface area contributed by atoms with Crippen LogP contribution in [0, 0.1) is 5.92 Å². The SMILES string of the molecule is CCn1nnnc1CCOC[C@H]1CCCN(c2ccnc3sc(C(N)=O)c(N)c23)C1. The topological polar surface area (TPSA) is 138 Å². The number of nitrogen functional groups attached to an aromatic ring is 1. The van der Waals surface area contributed by atoms with Gasteiger partial charge in [-0.05, 0) is 42.2 Å². The van der Waals surface area contributed by atoms with Crippen molar-refractivity contribution in [2.24, 2.45) is 11.7 Å². The number of carbonyl (C=O) groups excluding carboxylic acids is 1. The second-order valence-corrected chi connectivity index (χ2v) is 8.41. The van der Waals surface area contributed by atoms with Gasteiger partial charge in [0.2, 0.25) is 0 Å². The number of hydrogen-bond acceptors (Lipinski definition) is 9. The molecule has 1 aliphatic heterocycles. The number of primary amides is 1. The zero-order chi connectivity index (χ0) is 21.1. The molecule has 3 aromatic rings. The average molecular weight is 431 g/mol. The first-order valence-corrected chi connectivity index (χ1v) is 10.9. The Bertz CT molecular complexity index is 1030. The number of hydrogen-bond donors (Lipinski definition) is 2. The van der Waals surface area contributed by atoms with Crippen molar-refractivity contribution < 1.29 is 9.53 Å². The number of aryl methyl sites for hydroxylation is 1. The molecule has 11 heteroatoms. The zero-order valence-electron chi connectivity index (χ0n) is 17.0. The summed E-state index contributed by atoms with van der Waals surface area (Å²) in [6.07, 6.45) is 4.64. The molecule has 4 heterocycles. The van der Waals surface area contributed by atoms with E-state index in [1.54, 1.807) is 10.9 Å². The maximum absolute atomic E-state index is 11.7. The number of rotatable bonds is 8. The molecule has 1 saturated heterocycles. The fourth-order valence-corrected chi connectivity index (χ4v) is 4.89. The van der Waals surface area contributed by atoms with E-state index in [0.717, 1.165) is 54.2 Å². The van der Waals surface area contributed by atoms with Crippen molar-refractivity contribution in [2.45, 2.75) is 32.7 Å². The molecule has 0 spiro atoms. The second-order valence-electron chi connectivity index (χ2n) is 7.41. The molecule has 1 aliphatic rings. The molecule has 4 rings (SSSR count). The van der Waals surface area contributed by atoms with Crippen LogP contribution in [-0.4, -0.2) is 57.4 Å². The lowest BCUT2D eigenvalue weighted by molar-refractivity contribution is 0.0944. The van der Waals surface area contributed by atoms with Crippen LogP contribution in [0.4, 0.5) is 11.4 Å². The largest absolute Gasteiger partial charge is 0.397 e. The minimum Gasteiger partial charge on any atom is -0.397 e. The molecule has 0 bridgehead atoms. The number of ether oxygens (including phenoxy) is 1. The van der Waals surface area contributed by atoms with Gasteiger partial charge >= 0.3 is 0 Å². The number of pyridine rings is 1. The van der Waals surface area contributed by atoms with Crippen molar-refractivity contribution in [3.8, 4) is 0 Å². The molecule has 0 unspecified atom stereocenters. The molecule has 160 valence electrons. The summed E-state index contributed by atoms with van der Waals surface area (Å²) in [5, 5.41) is 12.5. The summed E-state index contributed by atoms with van der Waals surface area (Å²) < 4.78 is 7.73. The second kappa shape index (κ2) is 8.92. The normalized spacial score (nSPS) is 17.0. The van der Waals surface area contributed by atoms with E-state index in [0.29, 0.717) is 36.1 Å². The molecule has 1 atom stereocenters. The Balaban J connectivity index is 1.40. The first kappa shape index (κ1) is 20.5. The van der Waals surface area contributed by atoms with Crippen LogP contribution in [0.25, 0.3) is 10.2 Å². The fourth-order valence-electron chi connectivity index (χ4n) is 3.96. The van der Waals surface area contributed by atoms with Gasteiger partial charge in [0.1, 0.15) is 9.71 Å². The van der Waals surface area contributed by atoms with E-state index in [1.807, 2.05) is 13.0 Å². The number of amides is 1. The van der Waals surface area contributed by atoms with Gasteiger partial charge in [-0.1, -0.05) is 0 Å². The quantitative estimate of drug-likeness (QED) is 0.512. The molecule has 4 N–H and O–H groups in total. The number of anilines is 2. The molecule has 0 aliphatic carbocycles. The highest BCUT2D eigenvalue weighted by atomic mass is 32.1. The van der Waals surface area contributed by atoms with Gasteiger partial charge in [0, 0.05) is 32.3 Å². The Morgan fingerprint density at radius 1 is 1.43 bits per heavy atom. The van der Waals surface area contributed by atoms with Crippen molar-refractivity contribution in [3.63, 3.8) is 0 Å². The van der Waals surface area contributed by atoms with E-state index in [-0.39, 0.29) is 0 Å². The molecule has 1 amide bonds. The first-order valence-electron chi connectivity index (χ1n) is 10.1. The van der Waals surface area contributed by atoms with Gasteiger partial charge < -0.3 is 21.1 Å². The fraction of sp³-hybridized carbons (Fsp3) is 0.526. The average Bonchev–Trinajstić information content (AvgIpc) is 3.35. The van der Waals surface area contributed by atoms with Gasteiger partial charge in [0.05, 0.1) is 30.0 Å². The van der Waals surface area contributed by atoms with Crippen molar-refractivity contribution in [1.29, 1.82) is 0 Å². The lowest BCUT2D eigenvalue weighted by atomic mass is 9.98. The molecule has 0 radical (unpaired) electrons. The van der Waals surface area contributed by atoms with Crippen LogP contribution < -0.4 is 16.4 Å². The molecular weight excluding hydrogens is 404 g/mol. The summed E-state index contributed by atoms with van der Waals surface area (Å²) in [4.78, 5) is 19.5. The van der Waals surface area contributed by atoms with Crippen molar-refractivity contribution in [3.05, 3.63) is 23.0 Å². The highest BCUT2D eigenvalue weighted by molar-refractivity contribution is 7.21. The van der Waals surface area contributed by atoms with Crippen molar-refractivity contribution in [1.82, 2.24) is 25.2 Å². The zero-order valence-corrected chi connectivity index (χ0v) is 17.8. The molecule has 3 aromatic heterocycles. The highest BCUT2D eigenvalue weighted by Crippen LogP contribution is 2.39. The third-order valence-electron chi connectivity index (χ3n) is 5.42. The van der Waals surface area contributed by atoms with Crippen LogP contribution in [0.1, 0.15) is 35.3 Å². The molecular formula is C19H26N8O2S. The standard InChI is InChI=1S/C19H26N8O2S/c1-2-27-14(23-24-25-27)6-9-29-11-12-4-3-8-26(10-12)13-5-7-22-19-15(13)16(20)17(30-19)18(21)28/h5,7,12H,2-4,6,8-11,20H2,1H3,(H2,21,28)/t12-/m0/s1. The maximum atomic E-state index is 11.7. The maximum Gasteiger partial charge on any atom is 0.260 e. The predicted molar refractivity (Wildman–Crippen MR) is 116 cm³/mol. The van der Waals surface area contributed by atoms with E-state index in [9.17, 15) is 4.79 Å². The smallest absolute Gasteiger partial charge is 0.260 e. The van der Waals surface area contributed by atoms with Gasteiger partial charge in [0.15, 0.2) is 5.82 Å². The van der Waals surface area contributed by atoms with Gasteiger partial charge in [0.25, 0.3) is 5.91 Å². The number of aromatic nitrogens is 5. The number of thiophene rings is 1. The summed E-state index contributed by atoms with van der Waals surface area (Å²) in [6.45, 7) is 5.85. The summed E-state index contributed by atoms with van der Waals surface area (Å²) in [5.41, 5.74) is 13.2. The number of nitrogens with two attached hydrogens (primary N) is 2. The number of carbonyl (C=O) groups is 1. The Kier molecular flexibility index (Phi) is 6.09. The minimum absolute atomic E-state index is 0.372. The molecule has 0 aromatic carbocycles. The minimum atomic E-state index is -0.513. The van der Waals surface area contributed by atoms with Crippen LogP contribution in [0.3, 0.4) is 0 Å². The Hall–Kier alpha value is -2.79. The van der Waals surface area contributed by atoms with Gasteiger partial charge in [-0.25, -0.2) is 9.67 Å². The summed E-state index contributed by atoms with van der Waals surface area (Å²) >= 11 is 1.25. The van der Waals surface area contributed by atoms with Crippen LogP contribution in [-0.2, 0) is 17.7 Å². The molecule has 0 saturated carbocycles. The molecule has 10 nitrogen and oxygen atoms in total.